The highest BCUT2D eigenvalue weighted by atomic mass is 19.3. The number of alkyl halides is 2. The van der Waals surface area contributed by atoms with Gasteiger partial charge in [0.05, 0.1) is 0 Å². The molecule has 0 aromatic heterocycles. The summed E-state index contributed by atoms with van der Waals surface area (Å²) in [4.78, 5) is 49.2. The first-order chi connectivity index (χ1) is 13.3. The molecule has 0 bridgehead atoms. The van der Waals surface area contributed by atoms with Crippen molar-refractivity contribution in [2.24, 2.45) is 0 Å². The van der Waals surface area contributed by atoms with Gasteiger partial charge in [0.25, 0.3) is 5.91 Å². The van der Waals surface area contributed by atoms with Gasteiger partial charge in [-0.25, -0.2) is 4.79 Å². The number of ether oxygens (including phenoxy) is 2. The van der Waals surface area contributed by atoms with Crippen molar-refractivity contribution in [3.05, 3.63) is 29.8 Å². The molecule has 28 heavy (non-hydrogen) atoms. The average molecular weight is 396 g/mol. The highest BCUT2D eigenvalue weighted by Gasteiger charge is 2.52. The number of benzene rings is 1. The average Bonchev–Trinajstić information content (AvgIpc) is 3.21. The third-order valence-electron chi connectivity index (χ3n) is 4.76. The van der Waals surface area contributed by atoms with E-state index in [-0.39, 0.29) is 11.3 Å². The van der Waals surface area contributed by atoms with Gasteiger partial charge < -0.3 is 14.8 Å². The number of carbonyl (C=O) groups excluding carboxylic acids is 4. The predicted octanol–water partition coefficient (Wildman–Crippen LogP) is 1.88. The number of imide groups is 1. The zero-order chi connectivity index (χ0) is 20.3. The summed E-state index contributed by atoms with van der Waals surface area (Å²) < 4.78 is 33.2. The summed E-state index contributed by atoms with van der Waals surface area (Å²) in [7, 11) is 0. The summed E-state index contributed by atoms with van der Waals surface area (Å²) in [6.07, 6.45) is 2.71. The molecule has 2 fully saturated rings. The van der Waals surface area contributed by atoms with Crippen LogP contribution in [0.25, 0.3) is 0 Å². The van der Waals surface area contributed by atoms with Crippen LogP contribution < -0.4 is 10.1 Å². The van der Waals surface area contributed by atoms with E-state index >= 15 is 0 Å². The minimum atomic E-state index is -2.98. The molecule has 1 saturated heterocycles. The first-order valence-corrected chi connectivity index (χ1v) is 8.68. The number of carbonyl (C=O) groups is 4. The SMILES string of the molecule is O=C(CN1C(=O)NC2(CCCC2)C1=O)OCC(=O)c1ccc(OC(F)F)cc1. The van der Waals surface area contributed by atoms with E-state index in [4.69, 9.17) is 4.74 Å². The van der Waals surface area contributed by atoms with Crippen molar-refractivity contribution < 1.29 is 37.4 Å². The maximum absolute atomic E-state index is 12.4. The van der Waals surface area contributed by atoms with Crippen LogP contribution in [0.1, 0.15) is 36.0 Å². The van der Waals surface area contributed by atoms with Crippen molar-refractivity contribution in [2.45, 2.75) is 37.8 Å². The molecular weight excluding hydrogens is 378 g/mol. The lowest BCUT2D eigenvalue weighted by atomic mass is 9.98. The summed E-state index contributed by atoms with van der Waals surface area (Å²) >= 11 is 0. The predicted molar refractivity (Wildman–Crippen MR) is 89.8 cm³/mol. The fourth-order valence-corrected chi connectivity index (χ4v) is 3.36. The van der Waals surface area contributed by atoms with Gasteiger partial charge in [0.15, 0.2) is 12.4 Å². The van der Waals surface area contributed by atoms with Crippen molar-refractivity contribution >= 4 is 23.7 Å². The Labute approximate surface area is 158 Å². The Morgan fingerprint density at radius 1 is 1.14 bits per heavy atom. The molecule has 150 valence electrons. The second-order valence-electron chi connectivity index (χ2n) is 6.60. The van der Waals surface area contributed by atoms with Crippen LogP contribution in [-0.2, 0) is 14.3 Å². The third kappa shape index (κ3) is 4.10. The number of hydrogen-bond donors (Lipinski definition) is 1. The normalized spacial score (nSPS) is 17.9. The maximum atomic E-state index is 12.4. The maximum Gasteiger partial charge on any atom is 0.387 e. The summed E-state index contributed by atoms with van der Waals surface area (Å²) in [5.74, 6) is -2.03. The van der Waals surface area contributed by atoms with Gasteiger partial charge in [-0.05, 0) is 37.1 Å². The van der Waals surface area contributed by atoms with Gasteiger partial charge in [0.2, 0.25) is 0 Å². The zero-order valence-electron chi connectivity index (χ0n) is 14.8. The Hall–Kier alpha value is -3.04. The molecule has 10 heteroatoms. The molecule has 0 atom stereocenters. The minimum Gasteiger partial charge on any atom is -0.456 e. The molecule has 1 spiro atoms. The zero-order valence-corrected chi connectivity index (χ0v) is 14.8. The lowest BCUT2D eigenvalue weighted by Gasteiger charge is -2.19. The number of esters is 1. The monoisotopic (exact) mass is 396 g/mol. The van der Waals surface area contributed by atoms with Crippen molar-refractivity contribution in [1.29, 1.82) is 0 Å². The summed E-state index contributed by atoms with van der Waals surface area (Å²) in [5, 5.41) is 2.64. The second-order valence-corrected chi connectivity index (χ2v) is 6.60. The molecule has 1 aliphatic heterocycles. The van der Waals surface area contributed by atoms with E-state index in [1.807, 2.05) is 0 Å². The van der Waals surface area contributed by atoms with E-state index < -0.39 is 49.0 Å². The van der Waals surface area contributed by atoms with E-state index in [1.165, 1.54) is 24.3 Å². The molecule has 3 rings (SSSR count). The molecule has 1 aromatic carbocycles. The molecule has 1 N–H and O–H groups in total. The molecule has 0 unspecified atom stereocenters. The van der Waals surface area contributed by atoms with Crippen LogP contribution in [0.2, 0.25) is 0 Å². The van der Waals surface area contributed by atoms with Crippen molar-refractivity contribution in [3.8, 4) is 5.75 Å². The Bertz CT molecular complexity index is 790. The van der Waals surface area contributed by atoms with Crippen LogP contribution in [0, 0.1) is 0 Å². The first kappa shape index (κ1) is 19.7. The van der Waals surface area contributed by atoms with Gasteiger partial charge in [-0.2, -0.15) is 8.78 Å². The molecule has 3 amide bonds. The standard InChI is InChI=1S/C18H18F2N2O6/c19-16(20)28-12-5-3-11(4-6-12)13(23)10-27-14(24)9-22-15(25)18(21-17(22)26)7-1-2-8-18/h3-6,16H,1-2,7-10H2,(H,21,26). The Morgan fingerprint density at radius 2 is 1.79 bits per heavy atom. The fourth-order valence-electron chi connectivity index (χ4n) is 3.36. The molecule has 1 aliphatic carbocycles. The van der Waals surface area contributed by atoms with E-state index in [1.54, 1.807) is 0 Å². The summed E-state index contributed by atoms with van der Waals surface area (Å²) in [5.41, 5.74) is -0.788. The van der Waals surface area contributed by atoms with Crippen LogP contribution in [0.3, 0.4) is 0 Å². The number of urea groups is 1. The van der Waals surface area contributed by atoms with E-state index in [2.05, 4.69) is 10.1 Å². The van der Waals surface area contributed by atoms with Crippen molar-refractivity contribution in [1.82, 2.24) is 10.2 Å². The largest absolute Gasteiger partial charge is 0.456 e. The third-order valence-corrected chi connectivity index (χ3v) is 4.76. The number of rotatable bonds is 7. The molecule has 2 aliphatic rings. The fraction of sp³-hybridized carbons (Fsp3) is 0.444. The van der Waals surface area contributed by atoms with Gasteiger partial charge in [-0.15, -0.1) is 0 Å². The van der Waals surface area contributed by atoms with Crippen LogP contribution in [0.5, 0.6) is 5.75 Å². The van der Waals surface area contributed by atoms with Crippen molar-refractivity contribution in [3.63, 3.8) is 0 Å². The Balaban J connectivity index is 1.51. The summed E-state index contributed by atoms with van der Waals surface area (Å²) in [6.45, 7) is -4.17. The summed E-state index contributed by atoms with van der Waals surface area (Å²) in [6, 6.07) is 4.25. The highest BCUT2D eigenvalue weighted by molar-refractivity contribution is 6.09. The van der Waals surface area contributed by atoms with Gasteiger partial charge in [-0.1, -0.05) is 12.8 Å². The Kier molecular flexibility index (Phi) is 5.57. The van der Waals surface area contributed by atoms with E-state index in [0.717, 1.165) is 17.7 Å². The van der Waals surface area contributed by atoms with E-state index in [0.29, 0.717) is 12.8 Å². The van der Waals surface area contributed by atoms with E-state index in [9.17, 15) is 28.0 Å². The first-order valence-electron chi connectivity index (χ1n) is 8.68. The minimum absolute atomic E-state index is 0.108. The number of ketones is 1. The smallest absolute Gasteiger partial charge is 0.387 e. The number of nitrogens with one attached hydrogen (secondary N) is 1. The number of halogens is 2. The van der Waals surface area contributed by atoms with Crippen LogP contribution >= 0.6 is 0 Å². The highest BCUT2D eigenvalue weighted by Crippen LogP contribution is 2.34. The number of Topliss-reactive ketones (excluding diaryl/α,β-unsaturated/α-hetero) is 1. The number of nitrogens with zero attached hydrogens (tertiary/aromatic N) is 1. The molecule has 1 aromatic rings. The topological polar surface area (TPSA) is 102 Å². The number of hydrogen-bond acceptors (Lipinski definition) is 6. The molecule has 0 radical (unpaired) electrons. The van der Waals surface area contributed by atoms with Gasteiger partial charge in [0, 0.05) is 5.56 Å². The second kappa shape index (κ2) is 7.91. The van der Waals surface area contributed by atoms with Crippen LogP contribution in [0.15, 0.2) is 24.3 Å². The molecule has 1 saturated carbocycles. The number of amides is 3. The lowest BCUT2D eigenvalue weighted by molar-refractivity contribution is -0.146. The van der Waals surface area contributed by atoms with Gasteiger partial charge in [0.1, 0.15) is 17.8 Å². The van der Waals surface area contributed by atoms with Gasteiger partial charge in [-0.3, -0.25) is 19.3 Å². The Morgan fingerprint density at radius 3 is 2.39 bits per heavy atom. The van der Waals surface area contributed by atoms with Crippen LogP contribution in [-0.4, -0.2) is 53.9 Å². The lowest BCUT2D eigenvalue weighted by Crippen LogP contribution is -2.44. The molecule has 1 heterocycles. The van der Waals surface area contributed by atoms with Crippen molar-refractivity contribution in [2.75, 3.05) is 13.2 Å². The quantitative estimate of drug-likeness (QED) is 0.429. The molecule has 8 nitrogen and oxygen atoms in total. The molecular formula is C18H18F2N2O6. The van der Waals surface area contributed by atoms with Crippen LogP contribution in [0.4, 0.5) is 13.6 Å². The van der Waals surface area contributed by atoms with Gasteiger partial charge >= 0.3 is 18.6 Å².